The molecule has 2 N–H and O–H groups in total. The molecule has 0 aromatic heterocycles. The minimum Gasteiger partial charge on any atom is -0.463 e. The van der Waals surface area contributed by atoms with Crippen molar-refractivity contribution in [3.8, 4) is 0 Å². The van der Waals surface area contributed by atoms with E-state index in [-0.39, 0.29) is 19.2 Å². The van der Waals surface area contributed by atoms with E-state index >= 15 is 0 Å². The van der Waals surface area contributed by atoms with Crippen LogP contribution in [0.3, 0.4) is 0 Å². The van der Waals surface area contributed by atoms with Crippen LogP contribution < -0.4 is 0 Å². The van der Waals surface area contributed by atoms with Crippen LogP contribution in [-0.2, 0) is 9.53 Å². The Kier molecular flexibility index (Phi) is 5.78. The summed E-state index contributed by atoms with van der Waals surface area (Å²) in [4.78, 5) is 10.6. The summed E-state index contributed by atoms with van der Waals surface area (Å²) in [6.45, 7) is 1.37. The lowest BCUT2D eigenvalue weighted by Crippen LogP contribution is -2.21. The van der Waals surface area contributed by atoms with Gasteiger partial charge in [0.1, 0.15) is 12.7 Å². The van der Waals surface area contributed by atoms with Gasteiger partial charge >= 0.3 is 5.97 Å². The van der Waals surface area contributed by atoms with E-state index in [0.717, 1.165) is 6.42 Å². The molecule has 0 saturated carbocycles. The molecule has 0 bridgehead atoms. The number of rotatable bonds is 5. The van der Waals surface area contributed by atoms with Gasteiger partial charge in [0.05, 0.1) is 6.61 Å². The Balaban J connectivity index is 3.30. The molecule has 0 heterocycles. The highest BCUT2D eigenvalue weighted by Crippen LogP contribution is 1.92. The molecule has 0 aliphatic carbocycles. The Hall–Kier alpha value is -0.610. The highest BCUT2D eigenvalue weighted by Gasteiger charge is 2.05. The van der Waals surface area contributed by atoms with Gasteiger partial charge in [-0.3, -0.25) is 4.79 Å². The summed E-state index contributed by atoms with van der Waals surface area (Å²) < 4.78 is 4.59. The largest absolute Gasteiger partial charge is 0.463 e. The van der Waals surface area contributed by atoms with Crippen LogP contribution in [-0.4, -0.2) is 35.5 Å². The maximum Gasteiger partial charge on any atom is 0.305 e. The average Bonchev–Trinajstić information content (AvgIpc) is 2.01. The molecule has 0 aromatic carbocycles. The zero-order valence-electron chi connectivity index (χ0n) is 6.62. The number of ether oxygens (including phenoxy) is 1. The van der Waals surface area contributed by atoms with Gasteiger partial charge in [0.25, 0.3) is 0 Å². The van der Waals surface area contributed by atoms with Crippen molar-refractivity contribution in [1.29, 1.82) is 0 Å². The molecule has 66 valence electrons. The number of hydrogen-bond donors (Lipinski definition) is 2. The van der Waals surface area contributed by atoms with Gasteiger partial charge in [0.2, 0.25) is 0 Å². The molecular formula is C7H14O4. The van der Waals surface area contributed by atoms with Crippen LogP contribution in [0.5, 0.6) is 0 Å². The molecule has 1 atom stereocenters. The van der Waals surface area contributed by atoms with Crippen molar-refractivity contribution in [3.63, 3.8) is 0 Å². The molecule has 0 aromatic rings. The lowest BCUT2D eigenvalue weighted by molar-refractivity contribution is -0.147. The summed E-state index contributed by atoms with van der Waals surface area (Å²) in [7, 11) is 0. The van der Waals surface area contributed by atoms with Gasteiger partial charge in [-0.05, 0) is 6.42 Å². The molecule has 4 heteroatoms. The van der Waals surface area contributed by atoms with Crippen molar-refractivity contribution in [3.05, 3.63) is 0 Å². The fraction of sp³-hybridized carbons (Fsp3) is 0.857. The van der Waals surface area contributed by atoms with Crippen LogP contribution in [0.25, 0.3) is 0 Å². The third-order valence-corrected chi connectivity index (χ3v) is 1.10. The standard InChI is InChI=1S/C7H14O4/c1-2-3-7(10)11-5-6(9)4-8/h6,8-9H,2-5H2,1H3/t6-/m0/s1. The Bertz CT molecular complexity index is 113. The van der Waals surface area contributed by atoms with Crippen LogP contribution in [0, 0.1) is 0 Å². The van der Waals surface area contributed by atoms with Crippen molar-refractivity contribution >= 4 is 5.97 Å². The predicted molar refractivity (Wildman–Crippen MR) is 39.0 cm³/mol. The lowest BCUT2D eigenvalue weighted by atomic mass is 10.3. The zero-order chi connectivity index (χ0) is 8.69. The summed E-state index contributed by atoms with van der Waals surface area (Å²) in [6.07, 6.45) is 0.141. The fourth-order valence-corrected chi connectivity index (χ4v) is 0.518. The van der Waals surface area contributed by atoms with E-state index in [1.54, 1.807) is 0 Å². The zero-order valence-corrected chi connectivity index (χ0v) is 6.62. The minimum absolute atomic E-state index is 0.116. The van der Waals surface area contributed by atoms with Gasteiger partial charge in [-0.25, -0.2) is 0 Å². The molecule has 0 aliphatic heterocycles. The van der Waals surface area contributed by atoms with Gasteiger partial charge in [-0.2, -0.15) is 0 Å². The van der Waals surface area contributed by atoms with E-state index in [1.807, 2.05) is 6.92 Å². The fourth-order valence-electron chi connectivity index (χ4n) is 0.518. The highest BCUT2D eigenvalue weighted by atomic mass is 16.5. The predicted octanol–water partition coefficient (Wildman–Crippen LogP) is -0.317. The van der Waals surface area contributed by atoms with Gasteiger partial charge in [-0.1, -0.05) is 6.92 Å². The first kappa shape index (κ1) is 10.4. The Morgan fingerprint density at radius 2 is 2.27 bits per heavy atom. The van der Waals surface area contributed by atoms with Crippen LogP contribution in [0.1, 0.15) is 19.8 Å². The first-order chi connectivity index (χ1) is 5.20. The maximum atomic E-state index is 10.6. The number of carbonyl (C=O) groups is 1. The van der Waals surface area contributed by atoms with E-state index in [9.17, 15) is 4.79 Å². The van der Waals surface area contributed by atoms with E-state index in [2.05, 4.69) is 4.74 Å². The summed E-state index contributed by atoms with van der Waals surface area (Å²) in [5, 5.41) is 17.1. The number of hydrogen-bond acceptors (Lipinski definition) is 4. The van der Waals surface area contributed by atoms with Crippen molar-refractivity contribution < 1.29 is 19.7 Å². The third-order valence-electron chi connectivity index (χ3n) is 1.10. The summed E-state index contributed by atoms with van der Waals surface area (Å²) in [6, 6.07) is 0. The van der Waals surface area contributed by atoms with Crippen molar-refractivity contribution in [2.45, 2.75) is 25.9 Å². The number of esters is 1. The molecule has 0 radical (unpaired) electrons. The van der Waals surface area contributed by atoms with Gasteiger partial charge in [0, 0.05) is 6.42 Å². The highest BCUT2D eigenvalue weighted by molar-refractivity contribution is 5.69. The van der Waals surface area contributed by atoms with E-state index in [1.165, 1.54) is 0 Å². The normalized spacial score (nSPS) is 12.6. The van der Waals surface area contributed by atoms with Gasteiger partial charge in [0.15, 0.2) is 0 Å². The molecule has 11 heavy (non-hydrogen) atoms. The SMILES string of the molecule is CCCC(=O)OC[C@@H](O)CO. The second kappa shape index (κ2) is 6.12. The number of carbonyl (C=O) groups excluding carboxylic acids is 1. The average molecular weight is 162 g/mol. The minimum atomic E-state index is -0.948. The lowest BCUT2D eigenvalue weighted by Gasteiger charge is -2.07. The van der Waals surface area contributed by atoms with Crippen molar-refractivity contribution in [2.24, 2.45) is 0 Å². The first-order valence-corrected chi connectivity index (χ1v) is 3.65. The second-order valence-electron chi connectivity index (χ2n) is 2.27. The Labute approximate surface area is 65.8 Å². The molecule has 0 unspecified atom stereocenters. The van der Waals surface area contributed by atoms with Crippen LogP contribution in [0.4, 0.5) is 0 Å². The Morgan fingerprint density at radius 3 is 2.73 bits per heavy atom. The van der Waals surface area contributed by atoms with Crippen LogP contribution in [0.2, 0.25) is 0 Å². The van der Waals surface area contributed by atoms with Gasteiger partial charge < -0.3 is 14.9 Å². The molecule has 0 fully saturated rings. The second-order valence-corrected chi connectivity index (χ2v) is 2.27. The maximum absolute atomic E-state index is 10.6. The van der Waals surface area contributed by atoms with Crippen LogP contribution in [0.15, 0.2) is 0 Å². The molecule has 0 spiro atoms. The smallest absolute Gasteiger partial charge is 0.305 e. The van der Waals surface area contributed by atoms with Crippen molar-refractivity contribution in [1.82, 2.24) is 0 Å². The number of aliphatic hydroxyl groups excluding tert-OH is 2. The molecule has 0 rings (SSSR count). The van der Waals surface area contributed by atoms with Crippen LogP contribution >= 0.6 is 0 Å². The Morgan fingerprint density at radius 1 is 1.64 bits per heavy atom. The van der Waals surface area contributed by atoms with E-state index < -0.39 is 6.10 Å². The summed E-state index contributed by atoms with van der Waals surface area (Å²) in [5.74, 6) is -0.333. The number of aliphatic hydroxyl groups is 2. The summed E-state index contributed by atoms with van der Waals surface area (Å²) in [5.41, 5.74) is 0. The van der Waals surface area contributed by atoms with Crippen molar-refractivity contribution in [2.75, 3.05) is 13.2 Å². The third kappa shape index (κ3) is 5.82. The monoisotopic (exact) mass is 162 g/mol. The molecule has 0 amide bonds. The van der Waals surface area contributed by atoms with E-state index in [0.29, 0.717) is 6.42 Å². The molecule has 0 saturated heterocycles. The molecular weight excluding hydrogens is 148 g/mol. The summed E-state index contributed by atoms with van der Waals surface area (Å²) >= 11 is 0. The van der Waals surface area contributed by atoms with E-state index in [4.69, 9.17) is 10.2 Å². The van der Waals surface area contributed by atoms with Gasteiger partial charge in [-0.15, -0.1) is 0 Å². The molecule has 0 aliphatic rings. The first-order valence-electron chi connectivity index (χ1n) is 3.65. The quantitative estimate of drug-likeness (QED) is 0.544. The molecule has 4 nitrogen and oxygen atoms in total. The topological polar surface area (TPSA) is 66.8 Å².